The predicted octanol–water partition coefficient (Wildman–Crippen LogP) is 1.47. The summed E-state index contributed by atoms with van der Waals surface area (Å²) in [5.41, 5.74) is 2.82. The number of para-hydroxylation sites is 1. The highest BCUT2D eigenvalue weighted by atomic mass is 16.5. The summed E-state index contributed by atoms with van der Waals surface area (Å²) < 4.78 is 7.31. The Morgan fingerprint density at radius 3 is 3.19 bits per heavy atom. The van der Waals surface area contributed by atoms with Gasteiger partial charge >= 0.3 is 0 Å². The van der Waals surface area contributed by atoms with Crippen LogP contribution in [0.4, 0.5) is 0 Å². The normalized spacial score (nSPS) is 12.2. The second-order valence-electron chi connectivity index (χ2n) is 3.53. The van der Waals surface area contributed by atoms with Crippen molar-refractivity contribution in [3.8, 4) is 29.4 Å². The van der Waals surface area contributed by atoms with E-state index < -0.39 is 0 Å². The minimum atomic E-state index is 0.427. The number of terminal acetylenes is 1. The maximum Gasteiger partial charge on any atom is 0.134 e. The van der Waals surface area contributed by atoms with E-state index in [4.69, 9.17) is 11.2 Å². The van der Waals surface area contributed by atoms with Gasteiger partial charge in [0.2, 0.25) is 0 Å². The summed E-state index contributed by atoms with van der Waals surface area (Å²) >= 11 is 0. The minimum absolute atomic E-state index is 0.427. The Bertz CT molecular complexity index is 580. The van der Waals surface area contributed by atoms with E-state index in [-0.39, 0.29) is 0 Å². The summed E-state index contributed by atoms with van der Waals surface area (Å²) in [6, 6.07) is 7.83. The number of fused-ring (bicyclic) bond motifs is 3. The topological polar surface area (TPSA) is 39.9 Å². The van der Waals surface area contributed by atoms with E-state index in [0.717, 1.165) is 22.7 Å². The van der Waals surface area contributed by atoms with E-state index in [1.807, 2.05) is 24.3 Å². The van der Waals surface area contributed by atoms with Gasteiger partial charge in [0.15, 0.2) is 0 Å². The highest BCUT2D eigenvalue weighted by Crippen LogP contribution is 2.35. The van der Waals surface area contributed by atoms with Gasteiger partial charge in [-0.15, -0.1) is 11.5 Å². The van der Waals surface area contributed by atoms with Crippen molar-refractivity contribution in [2.24, 2.45) is 0 Å². The zero-order valence-electron chi connectivity index (χ0n) is 8.55. The summed E-state index contributed by atoms with van der Waals surface area (Å²) in [6.45, 7) is 0.883. The molecule has 0 saturated carbocycles. The smallest absolute Gasteiger partial charge is 0.134 e. The van der Waals surface area contributed by atoms with Crippen LogP contribution in [0.3, 0.4) is 0 Å². The molecule has 0 aliphatic carbocycles. The van der Waals surface area contributed by atoms with Crippen molar-refractivity contribution in [3.63, 3.8) is 0 Å². The Balaban J connectivity index is 2.22. The summed E-state index contributed by atoms with van der Waals surface area (Å²) in [6.07, 6.45) is 5.30. The number of hydrogen-bond acceptors (Lipinski definition) is 3. The summed E-state index contributed by atoms with van der Waals surface area (Å²) in [7, 11) is 0. The molecule has 3 rings (SSSR count). The highest BCUT2D eigenvalue weighted by Gasteiger charge is 2.22. The van der Waals surface area contributed by atoms with Crippen molar-refractivity contribution >= 4 is 0 Å². The molecule has 2 aromatic rings. The lowest BCUT2D eigenvalue weighted by Crippen LogP contribution is -2.08. The lowest BCUT2D eigenvalue weighted by atomic mass is 10.1. The van der Waals surface area contributed by atoms with E-state index in [0.29, 0.717) is 13.2 Å². The summed E-state index contributed by atoms with van der Waals surface area (Å²) in [5, 5.41) is 8.10. The second-order valence-corrected chi connectivity index (χ2v) is 3.53. The molecular formula is C12H9N3O. The van der Waals surface area contributed by atoms with Crippen molar-refractivity contribution in [1.29, 1.82) is 0 Å². The van der Waals surface area contributed by atoms with Crippen LogP contribution >= 0.6 is 0 Å². The number of aromatic nitrogens is 3. The van der Waals surface area contributed by atoms with Crippen molar-refractivity contribution in [2.45, 2.75) is 13.2 Å². The fourth-order valence-electron chi connectivity index (χ4n) is 1.87. The molecule has 1 aliphatic heterocycles. The molecule has 0 bridgehead atoms. The van der Waals surface area contributed by atoms with E-state index >= 15 is 0 Å². The van der Waals surface area contributed by atoms with E-state index in [9.17, 15) is 0 Å². The van der Waals surface area contributed by atoms with Crippen molar-refractivity contribution in [3.05, 3.63) is 30.0 Å². The molecule has 4 heteroatoms. The maximum atomic E-state index is 5.57. The molecule has 16 heavy (non-hydrogen) atoms. The van der Waals surface area contributed by atoms with Crippen LogP contribution in [0.5, 0.6) is 5.75 Å². The molecule has 0 spiro atoms. The molecule has 0 saturated heterocycles. The quantitative estimate of drug-likeness (QED) is 0.670. The van der Waals surface area contributed by atoms with Crippen LogP contribution in [0.2, 0.25) is 0 Å². The van der Waals surface area contributed by atoms with Gasteiger partial charge in [0.05, 0.1) is 0 Å². The molecule has 78 valence electrons. The Labute approximate surface area is 92.9 Å². The molecule has 1 aliphatic rings. The molecule has 1 aromatic carbocycles. The van der Waals surface area contributed by atoms with Gasteiger partial charge in [0, 0.05) is 5.56 Å². The van der Waals surface area contributed by atoms with Gasteiger partial charge in [-0.2, -0.15) is 0 Å². The van der Waals surface area contributed by atoms with Crippen LogP contribution in [0.25, 0.3) is 11.3 Å². The third-order valence-electron chi connectivity index (χ3n) is 2.55. The van der Waals surface area contributed by atoms with Crippen molar-refractivity contribution in [1.82, 2.24) is 15.0 Å². The van der Waals surface area contributed by atoms with Gasteiger partial charge < -0.3 is 4.74 Å². The fourth-order valence-corrected chi connectivity index (χ4v) is 1.87. The first-order valence-electron chi connectivity index (χ1n) is 4.98. The van der Waals surface area contributed by atoms with Gasteiger partial charge in [-0.25, -0.2) is 4.68 Å². The number of hydrogen-bond donors (Lipinski definition) is 0. The monoisotopic (exact) mass is 211 g/mol. The third-order valence-corrected chi connectivity index (χ3v) is 2.55. The van der Waals surface area contributed by atoms with Gasteiger partial charge in [0.25, 0.3) is 0 Å². The maximum absolute atomic E-state index is 5.57. The molecule has 4 nitrogen and oxygen atoms in total. The Hall–Kier alpha value is -2.28. The van der Waals surface area contributed by atoms with Crippen LogP contribution in [-0.4, -0.2) is 15.0 Å². The zero-order valence-corrected chi connectivity index (χ0v) is 8.55. The predicted molar refractivity (Wildman–Crippen MR) is 58.6 cm³/mol. The van der Waals surface area contributed by atoms with Gasteiger partial charge in [-0.1, -0.05) is 23.3 Å². The molecule has 0 amide bonds. The first-order valence-corrected chi connectivity index (χ1v) is 4.98. The van der Waals surface area contributed by atoms with Crippen LogP contribution < -0.4 is 4.74 Å². The lowest BCUT2D eigenvalue weighted by Gasteiger charge is -2.17. The molecule has 2 heterocycles. The fraction of sp³-hybridized carbons (Fsp3) is 0.167. The summed E-state index contributed by atoms with van der Waals surface area (Å²) in [4.78, 5) is 0. The minimum Gasteiger partial charge on any atom is -0.486 e. The second kappa shape index (κ2) is 3.38. The zero-order chi connectivity index (χ0) is 11.0. The largest absolute Gasteiger partial charge is 0.486 e. The van der Waals surface area contributed by atoms with Gasteiger partial charge in [0.1, 0.15) is 30.3 Å². The van der Waals surface area contributed by atoms with Crippen LogP contribution in [0.15, 0.2) is 24.3 Å². The van der Waals surface area contributed by atoms with Gasteiger partial charge in [-0.3, -0.25) is 0 Å². The molecule has 0 fully saturated rings. The first-order chi connectivity index (χ1) is 7.90. The number of rotatable bonds is 1. The van der Waals surface area contributed by atoms with E-state index in [2.05, 4.69) is 16.2 Å². The van der Waals surface area contributed by atoms with Gasteiger partial charge in [-0.05, 0) is 12.1 Å². The van der Waals surface area contributed by atoms with Crippen LogP contribution in [-0.2, 0) is 13.2 Å². The molecular weight excluding hydrogens is 202 g/mol. The average Bonchev–Trinajstić information content (AvgIpc) is 2.73. The molecule has 0 radical (unpaired) electrons. The molecule has 1 aromatic heterocycles. The number of ether oxygens (including phenoxy) is 1. The number of benzene rings is 1. The average molecular weight is 211 g/mol. The number of nitrogens with zero attached hydrogens (tertiary/aromatic N) is 3. The third kappa shape index (κ3) is 1.18. The Morgan fingerprint density at radius 2 is 2.31 bits per heavy atom. The SMILES string of the molecule is C#CCn1nnc2c1-c1ccccc1OC2. The van der Waals surface area contributed by atoms with E-state index in [1.54, 1.807) is 4.68 Å². The van der Waals surface area contributed by atoms with Crippen LogP contribution in [0, 0.1) is 12.3 Å². The Kier molecular flexibility index (Phi) is 1.90. The molecule has 0 atom stereocenters. The first kappa shape index (κ1) is 8.98. The van der Waals surface area contributed by atoms with Crippen molar-refractivity contribution in [2.75, 3.05) is 0 Å². The van der Waals surface area contributed by atoms with E-state index in [1.165, 1.54) is 0 Å². The molecule has 0 unspecified atom stereocenters. The molecule has 0 N–H and O–H groups in total. The standard InChI is InChI=1S/C12H9N3O/c1-2-7-15-12-9-5-3-4-6-11(9)16-8-10(12)13-14-15/h1,3-6H,7-8H2. The lowest BCUT2D eigenvalue weighted by molar-refractivity contribution is 0.297. The highest BCUT2D eigenvalue weighted by molar-refractivity contribution is 5.70. The Morgan fingerprint density at radius 1 is 1.44 bits per heavy atom. The van der Waals surface area contributed by atoms with Crippen LogP contribution in [0.1, 0.15) is 5.69 Å². The van der Waals surface area contributed by atoms with Crippen molar-refractivity contribution < 1.29 is 4.74 Å². The summed E-state index contributed by atoms with van der Waals surface area (Å²) in [5.74, 6) is 3.43.